The summed E-state index contributed by atoms with van der Waals surface area (Å²) < 4.78 is 0. The second-order valence-electron chi connectivity index (χ2n) is 5.47. The lowest BCUT2D eigenvalue weighted by atomic mass is 9.80. The summed E-state index contributed by atoms with van der Waals surface area (Å²) in [6.45, 7) is 7.32. The van der Waals surface area contributed by atoms with Crippen molar-refractivity contribution in [3.05, 3.63) is 29.6 Å². The third-order valence-corrected chi connectivity index (χ3v) is 4.54. The molecule has 0 aliphatic carbocycles. The molecule has 2 rings (SSSR count). The van der Waals surface area contributed by atoms with Gasteiger partial charge in [0.05, 0.1) is 10.7 Å². The largest absolute Gasteiger partial charge is 0.393 e. The van der Waals surface area contributed by atoms with Crippen molar-refractivity contribution in [2.45, 2.75) is 33.2 Å². The molecule has 0 bridgehead atoms. The topological polar surface area (TPSA) is 42.2 Å². The van der Waals surface area contributed by atoms with Gasteiger partial charge in [-0.05, 0) is 44.5 Å². The first-order valence-electron chi connectivity index (χ1n) is 6.44. The van der Waals surface area contributed by atoms with Gasteiger partial charge in [0.1, 0.15) is 0 Å². The maximum Gasteiger partial charge on any atom is 0.0788 e. The highest BCUT2D eigenvalue weighted by atomic mass is 32.1. The van der Waals surface area contributed by atoms with Crippen LogP contribution in [0, 0.1) is 12.3 Å². The number of nitrogens with two attached hydrogens (primary N) is 1. The van der Waals surface area contributed by atoms with Crippen LogP contribution in [0.15, 0.2) is 18.3 Å². The zero-order valence-electron chi connectivity index (χ0n) is 11.1. The summed E-state index contributed by atoms with van der Waals surface area (Å²) in [4.78, 5) is 7.55. The minimum Gasteiger partial charge on any atom is -0.393 e. The lowest BCUT2D eigenvalue weighted by Crippen LogP contribution is -2.44. The fourth-order valence-electron chi connectivity index (χ4n) is 2.35. The molecule has 4 heteroatoms. The van der Waals surface area contributed by atoms with Gasteiger partial charge >= 0.3 is 0 Å². The van der Waals surface area contributed by atoms with Gasteiger partial charge in [-0.2, -0.15) is 0 Å². The van der Waals surface area contributed by atoms with Crippen LogP contribution in [0.1, 0.15) is 31.0 Å². The van der Waals surface area contributed by atoms with Gasteiger partial charge in [-0.1, -0.05) is 25.2 Å². The summed E-state index contributed by atoms with van der Waals surface area (Å²) in [5.41, 5.74) is 8.31. The van der Waals surface area contributed by atoms with Crippen LogP contribution >= 0.6 is 12.2 Å². The molecule has 1 fully saturated rings. The average Bonchev–Trinajstić information content (AvgIpc) is 2.35. The first-order valence-corrected chi connectivity index (χ1v) is 6.85. The Morgan fingerprint density at radius 3 is 2.72 bits per heavy atom. The number of likely N-dealkylation sites (tertiary alicyclic amines) is 1. The van der Waals surface area contributed by atoms with Crippen LogP contribution in [0.5, 0.6) is 0 Å². The third-order valence-electron chi connectivity index (χ3n) is 4.05. The van der Waals surface area contributed by atoms with Crippen LogP contribution < -0.4 is 5.73 Å². The van der Waals surface area contributed by atoms with Crippen molar-refractivity contribution in [1.82, 2.24) is 9.88 Å². The van der Waals surface area contributed by atoms with Crippen molar-refractivity contribution in [3.8, 4) is 0 Å². The first kappa shape index (κ1) is 13.4. The van der Waals surface area contributed by atoms with E-state index in [-0.39, 0.29) is 5.41 Å². The molecule has 98 valence electrons. The van der Waals surface area contributed by atoms with Gasteiger partial charge in [-0.25, -0.2) is 0 Å². The van der Waals surface area contributed by atoms with Crippen LogP contribution in [-0.2, 0) is 6.54 Å². The maximum atomic E-state index is 5.82. The van der Waals surface area contributed by atoms with E-state index in [1.54, 1.807) is 0 Å². The predicted octanol–water partition coefficient (Wildman–Crippen LogP) is 2.28. The zero-order chi connectivity index (χ0) is 13.2. The molecule has 0 amide bonds. The fraction of sp³-hybridized carbons (Fsp3) is 0.571. The molecule has 0 aromatic carbocycles. The summed E-state index contributed by atoms with van der Waals surface area (Å²) >= 11 is 5.16. The molecule has 1 saturated heterocycles. The predicted molar refractivity (Wildman–Crippen MR) is 78.4 cm³/mol. The number of thiocarbonyl (C=S) groups is 1. The molecule has 2 heterocycles. The Morgan fingerprint density at radius 2 is 2.17 bits per heavy atom. The molecule has 3 nitrogen and oxygen atoms in total. The molecular weight excluding hydrogens is 242 g/mol. The summed E-state index contributed by atoms with van der Waals surface area (Å²) in [7, 11) is 0. The smallest absolute Gasteiger partial charge is 0.0788 e. The third kappa shape index (κ3) is 2.87. The second-order valence-corrected chi connectivity index (χ2v) is 5.91. The van der Waals surface area contributed by atoms with Gasteiger partial charge in [0.15, 0.2) is 0 Å². The Labute approximate surface area is 114 Å². The highest BCUT2D eigenvalue weighted by Gasteiger charge is 2.32. The van der Waals surface area contributed by atoms with Gasteiger partial charge in [0.25, 0.3) is 0 Å². The monoisotopic (exact) mass is 263 g/mol. The molecule has 18 heavy (non-hydrogen) atoms. The molecule has 1 aliphatic heterocycles. The van der Waals surface area contributed by atoms with Crippen molar-refractivity contribution in [2.24, 2.45) is 11.1 Å². The number of rotatable bonds is 3. The molecule has 0 unspecified atom stereocenters. The Morgan fingerprint density at radius 1 is 1.50 bits per heavy atom. The SMILES string of the molecule is Cc1cccnc1CN1CCC(C)(C(N)=S)CC1. The summed E-state index contributed by atoms with van der Waals surface area (Å²) in [5.74, 6) is 0. The highest BCUT2D eigenvalue weighted by molar-refractivity contribution is 7.80. The summed E-state index contributed by atoms with van der Waals surface area (Å²) in [6.07, 6.45) is 3.97. The molecule has 1 aromatic rings. The average molecular weight is 263 g/mol. The van der Waals surface area contributed by atoms with E-state index in [1.165, 1.54) is 11.3 Å². The maximum absolute atomic E-state index is 5.82. The van der Waals surface area contributed by atoms with Gasteiger partial charge < -0.3 is 5.73 Å². The second kappa shape index (κ2) is 5.33. The molecule has 0 saturated carbocycles. The number of nitrogens with zero attached hydrogens (tertiary/aromatic N) is 2. The molecule has 1 aliphatic rings. The van der Waals surface area contributed by atoms with E-state index in [9.17, 15) is 0 Å². The van der Waals surface area contributed by atoms with Crippen molar-refractivity contribution >= 4 is 17.2 Å². The van der Waals surface area contributed by atoms with Crippen molar-refractivity contribution < 1.29 is 0 Å². The minimum absolute atomic E-state index is 0.0466. The van der Waals surface area contributed by atoms with E-state index < -0.39 is 0 Å². The number of hydrogen-bond acceptors (Lipinski definition) is 3. The zero-order valence-corrected chi connectivity index (χ0v) is 12.0. The Bertz CT molecular complexity index is 436. The quantitative estimate of drug-likeness (QED) is 0.850. The number of aryl methyl sites for hydroxylation is 1. The standard InChI is InChI=1S/C14H21N3S/c1-11-4-3-7-16-12(11)10-17-8-5-14(2,6-9-17)13(15)18/h3-4,7H,5-6,8-10H2,1-2H3,(H2,15,18). The Hall–Kier alpha value is -1.00. The van der Waals surface area contributed by atoms with Crippen LogP contribution in [0.2, 0.25) is 0 Å². The molecule has 2 N–H and O–H groups in total. The van der Waals surface area contributed by atoms with Gasteiger partial charge in [0, 0.05) is 18.2 Å². The van der Waals surface area contributed by atoms with Crippen molar-refractivity contribution in [1.29, 1.82) is 0 Å². The molecule has 0 atom stereocenters. The van der Waals surface area contributed by atoms with Gasteiger partial charge in [0.2, 0.25) is 0 Å². The number of pyridine rings is 1. The normalized spacial score (nSPS) is 19.7. The fourth-order valence-corrected chi connectivity index (χ4v) is 2.55. The van der Waals surface area contributed by atoms with Crippen LogP contribution in [0.3, 0.4) is 0 Å². The molecular formula is C14H21N3S. The molecule has 1 aromatic heterocycles. The van der Waals surface area contributed by atoms with E-state index in [1.807, 2.05) is 12.3 Å². The van der Waals surface area contributed by atoms with E-state index in [2.05, 4.69) is 29.8 Å². The Kier molecular flexibility index (Phi) is 3.97. The van der Waals surface area contributed by atoms with Crippen molar-refractivity contribution in [3.63, 3.8) is 0 Å². The van der Waals surface area contributed by atoms with Crippen molar-refractivity contribution in [2.75, 3.05) is 13.1 Å². The van der Waals surface area contributed by atoms with Gasteiger partial charge in [-0.3, -0.25) is 9.88 Å². The van der Waals surface area contributed by atoms with E-state index in [0.29, 0.717) is 4.99 Å². The molecule has 0 radical (unpaired) electrons. The van der Waals surface area contributed by atoms with E-state index >= 15 is 0 Å². The van der Waals surface area contributed by atoms with E-state index in [4.69, 9.17) is 18.0 Å². The van der Waals surface area contributed by atoms with Gasteiger partial charge in [-0.15, -0.1) is 0 Å². The first-order chi connectivity index (χ1) is 8.51. The summed E-state index contributed by atoms with van der Waals surface area (Å²) in [6, 6.07) is 4.10. The number of hydrogen-bond donors (Lipinski definition) is 1. The number of piperidine rings is 1. The van der Waals surface area contributed by atoms with Crippen LogP contribution in [-0.4, -0.2) is 28.0 Å². The number of aromatic nitrogens is 1. The lowest BCUT2D eigenvalue weighted by molar-refractivity contribution is 0.156. The van der Waals surface area contributed by atoms with Crippen LogP contribution in [0.4, 0.5) is 0 Å². The summed E-state index contributed by atoms with van der Waals surface area (Å²) in [5, 5.41) is 0. The minimum atomic E-state index is 0.0466. The lowest BCUT2D eigenvalue weighted by Gasteiger charge is -2.38. The van der Waals surface area contributed by atoms with Crippen LogP contribution in [0.25, 0.3) is 0 Å². The molecule has 0 spiro atoms. The Balaban J connectivity index is 1.95. The highest BCUT2D eigenvalue weighted by Crippen LogP contribution is 2.31. The van der Waals surface area contributed by atoms with E-state index in [0.717, 1.165) is 32.5 Å².